The van der Waals surface area contributed by atoms with E-state index in [1.807, 2.05) is 18.4 Å². The molecule has 1 fully saturated rings. The van der Waals surface area contributed by atoms with E-state index in [0.717, 1.165) is 12.8 Å². The summed E-state index contributed by atoms with van der Waals surface area (Å²) in [6.45, 7) is 2.04. The van der Waals surface area contributed by atoms with Crippen molar-refractivity contribution in [1.29, 1.82) is 0 Å². The van der Waals surface area contributed by atoms with Crippen molar-refractivity contribution < 1.29 is 4.79 Å². The average Bonchev–Trinajstić information content (AvgIpc) is 2.51. The van der Waals surface area contributed by atoms with Crippen molar-refractivity contribution in [2.45, 2.75) is 32.2 Å². The van der Waals surface area contributed by atoms with Crippen LogP contribution in [0.1, 0.15) is 37.1 Å². The van der Waals surface area contributed by atoms with Crippen LogP contribution in [0.15, 0.2) is 17.5 Å². The molecule has 1 amide bonds. The summed E-state index contributed by atoms with van der Waals surface area (Å²) in [7, 11) is 0. The lowest BCUT2D eigenvalue weighted by atomic mass is 9.84. The second kappa shape index (κ2) is 4.13. The van der Waals surface area contributed by atoms with Gasteiger partial charge in [-0.2, -0.15) is 0 Å². The Morgan fingerprint density at radius 1 is 1.64 bits per heavy atom. The Balaban J connectivity index is 1.87. The molecule has 0 radical (unpaired) electrons. The van der Waals surface area contributed by atoms with Crippen molar-refractivity contribution in [1.82, 2.24) is 5.32 Å². The van der Waals surface area contributed by atoms with Crippen LogP contribution in [0.25, 0.3) is 0 Å². The van der Waals surface area contributed by atoms with Crippen LogP contribution in [-0.4, -0.2) is 5.91 Å². The summed E-state index contributed by atoms with van der Waals surface area (Å²) < 4.78 is 0. The molecule has 1 aromatic heterocycles. The fraction of sp³-hybridized carbons (Fsp3) is 0.545. The van der Waals surface area contributed by atoms with Gasteiger partial charge >= 0.3 is 0 Å². The first kappa shape index (κ1) is 9.71. The van der Waals surface area contributed by atoms with E-state index in [1.54, 1.807) is 11.3 Å². The minimum atomic E-state index is 0.170. The molecule has 0 bridgehead atoms. The fourth-order valence-corrected chi connectivity index (χ4v) is 2.34. The van der Waals surface area contributed by atoms with E-state index in [4.69, 9.17) is 0 Å². The Morgan fingerprint density at radius 3 is 2.93 bits per heavy atom. The zero-order valence-electron chi connectivity index (χ0n) is 8.32. The van der Waals surface area contributed by atoms with Crippen LogP contribution < -0.4 is 5.32 Å². The van der Waals surface area contributed by atoms with Crippen molar-refractivity contribution in [3.63, 3.8) is 0 Å². The Morgan fingerprint density at radius 2 is 2.43 bits per heavy atom. The van der Waals surface area contributed by atoms with Gasteiger partial charge in [0, 0.05) is 10.8 Å². The van der Waals surface area contributed by atoms with Gasteiger partial charge in [-0.3, -0.25) is 4.79 Å². The summed E-state index contributed by atoms with van der Waals surface area (Å²) in [5, 5.41) is 5.10. The summed E-state index contributed by atoms with van der Waals surface area (Å²) in [6.07, 6.45) is 3.36. The highest BCUT2D eigenvalue weighted by Gasteiger charge is 2.26. The Labute approximate surface area is 88.3 Å². The van der Waals surface area contributed by atoms with Crippen molar-refractivity contribution in [3.8, 4) is 0 Å². The van der Waals surface area contributed by atoms with Crippen LogP contribution in [-0.2, 0) is 4.79 Å². The summed E-state index contributed by atoms with van der Waals surface area (Å²) in [5.74, 6) is 0.523. The molecular formula is C11H15NOS. The first-order valence-electron chi connectivity index (χ1n) is 5.11. The molecule has 0 spiro atoms. The van der Waals surface area contributed by atoms with Gasteiger partial charge in [0.05, 0.1) is 6.04 Å². The minimum Gasteiger partial charge on any atom is -0.349 e. The average molecular weight is 209 g/mol. The molecule has 1 saturated carbocycles. The van der Waals surface area contributed by atoms with Gasteiger partial charge in [-0.05, 0) is 31.2 Å². The van der Waals surface area contributed by atoms with E-state index in [2.05, 4.69) is 11.4 Å². The molecule has 0 aliphatic heterocycles. The maximum atomic E-state index is 11.6. The molecule has 1 aliphatic rings. The second-order valence-corrected chi connectivity index (χ2v) is 4.85. The first-order valence-corrected chi connectivity index (χ1v) is 5.99. The van der Waals surface area contributed by atoms with E-state index in [-0.39, 0.29) is 17.9 Å². The molecule has 1 aromatic rings. The smallest absolute Gasteiger partial charge is 0.223 e. The molecule has 2 rings (SSSR count). The maximum absolute atomic E-state index is 11.6. The maximum Gasteiger partial charge on any atom is 0.223 e. The van der Waals surface area contributed by atoms with Crippen LogP contribution >= 0.6 is 11.3 Å². The quantitative estimate of drug-likeness (QED) is 0.814. The Bertz CT molecular complexity index is 303. The summed E-state index contributed by atoms with van der Waals surface area (Å²) >= 11 is 1.70. The Kier molecular flexibility index (Phi) is 2.87. The predicted molar refractivity (Wildman–Crippen MR) is 58.2 cm³/mol. The van der Waals surface area contributed by atoms with Crippen LogP contribution in [0.5, 0.6) is 0 Å². The fourth-order valence-electron chi connectivity index (χ4n) is 1.61. The zero-order chi connectivity index (χ0) is 9.97. The molecule has 0 saturated heterocycles. The summed E-state index contributed by atoms with van der Waals surface area (Å²) in [6, 6.07) is 4.26. The molecular weight excluding hydrogens is 194 g/mol. The van der Waals surface area contributed by atoms with Crippen molar-refractivity contribution in [3.05, 3.63) is 22.4 Å². The number of hydrogen-bond donors (Lipinski definition) is 1. The Hall–Kier alpha value is -0.830. The number of nitrogens with one attached hydrogen (secondary N) is 1. The van der Waals surface area contributed by atoms with Crippen molar-refractivity contribution in [2.24, 2.45) is 5.92 Å². The predicted octanol–water partition coefficient (Wildman–Crippen LogP) is 2.73. The highest BCUT2D eigenvalue weighted by Crippen LogP contribution is 2.27. The number of carbonyl (C=O) groups is 1. The lowest BCUT2D eigenvalue weighted by molar-refractivity contribution is -0.128. The molecule has 2 nitrogen and oxygen atoms in total. The third-order valence-corrected chi connectivity index (χ3v) is 3.86. The number of carbonyl (C=O) groups excluding carboxylic acids is 1. The van der Waals surface area contributed by atoms with Gasteiger partial charge in [-0.15, -0.1) is 11.3 Å². The highest BCUT2D eigenvalue weighted by molar-refractivity contribution is 7.10. The van der Waals surface area contributed by atoms with Gasteiger partial charge in [0.25, 0.3) is 0 Å². The summed E-state index contributed by atoms with van der Waals surface area (Å²) in [4.78, 5) is 12.9. The first-order chi connectivity index (χ1) is 6.77. The van der Waals surface area contributed by atoms with Gasteiger partial charge in [-0.25, -0.2) is 0 Å². The van der Waals surface area contributed by atoms with E-state index in [9.17, 15) is 4.79 Å². The lowest BCUT2D eigenvalue weighted by Crippen LogP contribution is -2.35. The van der Waals surface area contributed by atoms with E-state index in [1.165, 1.54) is 11.3 Å². The van der Waals surface area contributed by atoms with Crippen LogP contribution in [0.2, 0.25) is 0 Å². The molecule has 1 N–H and O–H groups in total. The number of rotatable bonds is 3. The van der Waals surface area contributed by atoms with Gasteiger partial charge in [0.1, 0.15) is 0 Å². The topological polar surface area (TPSA) is 29.1 Å². The molecule has 1 unspecified atom stereocenters. The number of amides is 1. The van der Waals surface area contributed by atoms with Gasteiger partial charge < -0.3 is 5.32 Å². The van der Waals surface area contributed by atoms with Gasteiger partial charge in [0.15, 0.2) is 0 Å². The normalized spacial score (nSPS) is 18.6. The minimum absolute atomic E-state index is 0.170. The number of thiophene rings is 1. The van der Waals surface area contributed by atoms with E-state index in [0.29, 0.717) is 0 Å². The van der Waals surface area contributed by atoms with Gasteiger partial charge in [0.2, 0.25) is 5.91 Å². The van der Waals surface area contributed by atoms with E-state index >= 15 is 0 Å². The van der Waals surface area contributed by atoms with Crippen LogP contribution in [0.4, 0.5) is 0 Å². The summed E-state index contributed by atoms with van der Waals surface area (Å²) in [5.41, 5.74) is 0. The SMILES string of the molecule is CC(NC(=O)C1CCC1)c1cccs1. The molecule has 1 aliphatic carbocycles. The molecule has 3 heteroatoms. The van der Waals surface area contributed by atoms with Crippen LogP contribution in [0.3, 0.4) is 0 Å². The molecule has 14 heavy (non-hydrogen) atoms. The third kappa shape index (κ3) is 1.98. The lowest BCUT2D eigenvalue weighted by Gasteiger charge is -2.25. The van der Waals surface area contributed by atoms with Crippen molar-refractivity contribution in [2.75, 3.05) is 0 Å². The van der Waals surface area contributed by atoms with Crippen LogP contribution in [0, 0.1) is 5.92 Å². The van der Waals surface area contributed by atoms with Crippen molar-refractivity contribution >= 4 is 17.2 Å². The zero-order valence-corrected chi connectivity index (χ0v) is 9.14. The van der Waals surface area contributed by atoms with E-state index < -0.39 is 0 Å². The monoisotopic (exact) mass is 209 g/mol. The highest BCUT2D eigenvalue weighted by atomic mass is 32.1. The molecule has 0 aromatic carbocycles. The third-order valence-electron chi connectivity index (χ3n) is 2.80. The largest absolute Gasteiger partial charge is 0.349 e. The molecule has 1 heterocycles. The van der Waals surface area contributed by atoms with Gasteiger partial charge in [-0.1, -0.05) is 12.5 Å². The number of hydrogen-bond acceptors (Lipinski definition) is 2. The molecule has 1 atom stereocenters. The molecule has 76 valence electrons. The second-order valence-electron chi connectivity index (χ2n) is 3.87. The standard InChI is InChI=1S/C11H15NOS/c1-8(10-6-3-7-14-10)12-11(13)9-4-2-5-9/h3,6-9H,2,4-5H2,1H3,(H,12,13).